The van der Waals surface area contributed by atoms with Crippen LogP contribution in [0.5, 0.6) is 0 Å². The van der Waals surface area contributed by atoms with E-state index < -0.39 is 0 Å². The Morgan fingerprint density at radius 3 is 2.40 bits per heavy atom. The Kier molecular flexibility index (Phi) is 3.22. The van der Waals surface area contributed by atoms with Crippen molar-refractivity contribution in [1.29, 1.82) is 0 Å². The normalized spacial score (nSPS) is 18.2. The van der Waals surface area contributed by atoms with E-state index in [1.54, 1.807) is 0 Å². The van der Waals surface area contributed by atoms with Gasteiger partial charge in [-0.05, 0) is 24.9 Å². The molecule has 0 atom stereocenters. The summed E-state index contributed by atoms with van der Waals surface area (Å²) < 4.78 is 0. The first kappa shape index (κ1) is 10.4. The van der Waals surface area contributed by atoms with E-state index in [0.29, 0.717) is 5.41 Å². The molecule has 0 aromatic heterocycles. The summed E-state index contributed by atoms with van der Waals surface area (Å²) >= 11 is 0. The summed E-state index contributed by atoms with van der Waals surface area (Å²) in [5.74, 6) is 0. The van der Waals surface area contributed by atoms with Crippen molar-refractivity contribution in [3.8, 4) is 0 Å². The lowest BCUT2D eigenvalue weighted by atomic mass is 9.78. The molecule has 1 aliphatic rings. The van der Waals surface area contributed by atoms with Crippen LogP contribution in [0.15, 0.2) is 42.5 Å². The quantitative estimate of drug-likeness (QED) is 0.739. The number of allylic oxidation sites excluding steroid dienone is 2. The maximum atomic E-state index is 3.49. The lowest BCUT2D eigenvalue weighted by molar-refractivity contribution is 0.424. The van der Waals surface area contributed by atoms with Gasteiger partial charge in [-0.1, -0.05) is 49.4 Å². The van der Waals surface area contributed by atoms with Crippen molar-refractivity contribution in [3.63, 3.8) is 0 Å². The van der Waals surface area contributed by atoms with Gasteiger partial charge in [-0.2, -0.15) is 0 Å². The molecule has 2 rings (SSSR count). The first-order valence-electron chi connectivity index (χ1n) is 5.79. The lowest BCUT2D eigenvalue weighted by Crippen LogP contribution is -2.36. The zero-order valence-electron chi connectivity index (χ0n) is 9.37. The van der Waals surface area contributed by atoms with Crippen molar-refractivity contribution in [2.75, 3.05) is 13.1 Å². The Balaban J connectivity index is 2.19. The van der Waals surface area contributed by atoms with Crippen molar-refractivity contribution in [1.82, 2.24) is 5.32 Å². The Bertz CT molecular complexity index is 318. The molecule has 0 saturated carbocycles. The van der Waals surface area contributed by atoms with E-state index in [1.165, 1.54) is 18.4 Å². The van der Waals surface area contributed by atoms with Gasteiger partial charge in [0.15, 0.2) is 0 Å². The van der Waals surface area contributed by atoms with Gasteiger partial charge in [-0.3, -0.25) is 0 Å². The standard InChI is InChI=1S/C14H19N/c1-2-15-12-14(10-6-7-11-14)13-8-4-3-5-9-13/h3-9,15H,2,10-12H2,1H3. The van der Waals surface area contributed by atoms with E-state index in [9.17, 15) is 0 Å². The van der Waals surface area contributed by atoms with Crippen LogP contribution in [0, 0.1) is 0 Å². The number of likely N-dealkylation sites (N-methyl/N-ethyl adjacent to an activating group) is 1. The molecule has 0 aliphatic heterocycles. The van der Waals surface area contributed by atoms with Gasteiger partial charge in [0, 0.05) is 12.0 Å². The topological polar surface area (TPSA) is 12.0 Å². The molecule has 0 amide bonds. The Morgan fingerprint density at radius 1 is 1.13 bits per heavy atom. The molecule has 0 heterocycles. The number of hydrogen-bond acceptors (Lipinski definition) is 1. The zero-order valence-corrected chi connectivity index (χ0v) is 9.37. The van der Waals surface area contributed by atoms with Gasteiger partial charge < -0.3 is 5.32 Å². The van der Waals surface area contributed by atoms with Crippen LogP contribution in [0.2, 0.25) is 0 Å². The van der Waals surface area contributed by atoms with Gasteiger partial charge >= 0.3 is 0 Å². The van der Waals surface area contributed by atoms with E-state index in [-0.39, 0.29) is 0 Å². The fourth-order valence-electron chi connectivity index (χ4n) is 2.34. The van der Waals surface area contributed by atoms with Gasteiger partial charge in [0.2, 0.25) is 0 Å². The number of nitrogens with one attached hydrogen (secondary N) is 1. The van der Waals surface area contributed by atoms with Crippen molar-refractivity contribution in [2.24, 2.45) is 0 Å². The van der Waals surface area contributed by atoms with Crippen LogP contribution in [0.25, 0.3) is 0 Å². The van der Waals surface area contributed by atoms with Gasteiger partial charge in [0.25, 0.3) is 0 Å². The minimum absolute atomic E-state index is 0.317. The molecule has 15 heavy (non-hydrogen) atoms. The third-order valence-corrected chi connectivity index (χ3v) is 3.28. The summed E-state index contributed by atoms with van der Waals surface area (Å²) in [6.45, 7) is 4.30. The molecule has 0 bridgehead atoms. The molecule has 0 unspecified atom stereocenters. The summed E-state index contributed by atoms with van der Waals surface area (Å²) in [6.07, 6.45) is 6.96. The highest BCUT2D eigenvalue weighted by atomic mass is 14.9. The smallest absolute Gasteiger partial charge is 0.0146 e. The fraction of sp³-hybridized carbons (Fsp3) is 0.429. The molecule has 0 radical (unpaired) electrons. The van der Waals surface area contributed by atoms with Gasteiger partial charge in [-0.15, -0.1) is 0 Å². The SMILES string of the molecule is CCNCC1(c2ccccc2)CC=CC1. The van der Waals surface area contributed by atoms with Crippen LogP contribution in [0.1, 0.15) is 25.3 Å². The molecule has 1 aromatic rings. The van der Waals surface area contributed by atoms with E-state index in [4.69, 9.17) is 0 Å². The minimum atomic E-state index is 0.317. The second-order valence-electron chi connectivity index (χ2n) is 4.31. The Labute approximate surface area is 92.2 Å². The first-order valence-corrected chi connectivity index (χ1v) is 5.79. The molecule has 1 aliphatic carbocycles. The number of rotatable bonds is 4. The van der Waals surface area contributed by atoms with Gasteiger partial charge in [-0.25, -0.2) is 0 Å². The maximum absolute atomic E-state index is 3.49. The highest BCUT2D eigenvalue weighted by Crippen LogP contribution is 2.36. The summed E-state index contributed by atoms with van der Waals surface area (Å²) in [6, 6.07) is 10.9. The third kappa shape index (κ3) is 2.13. The second-order valence-corrected chi connectivity index (χ2v) is 4.31. The first-order chi connectivity index (χ1) is 7.37. The van der Waals surface area contributed by atoms with Crippen LogP contribution in [-0.2, 0) is 5.41 Å². The molecule has 1 nitrogen and oxygen atoms in total. The third-order valence-electron chi connectivity index (χ3n) is 3.28. The second kappa shape index (κ2) is 4.63. The fourth-order valence-corrected chi connectivity index (χ4v) is 2.34. The van der Waals surface area contributed by atoms with Crippen LogP contribution >= 0.6 is 0 Å². The van der Waals surface area contributed by atoms with E-state index in [1.807, 2.05) is 0 Å². The van der Waals surface area contributed by atoms with Gasteiger partial charge in [0.05, 0.1) is 0 Å². The summed E-state index contributed by atoms with van der Waals surface area (Å²) in [4.78, 5) is 0. The largest absolute Gasteiger partial charge is 0.316 e. The maximum Gasteiger partial charge on any atom is 0.0146 e. The van der Waals surface area contributed by atoms with Gasteiger partial charge in [0.1, 0.15) is 0 Å². The van der Waals surface area contributed by atoms with Crippen molar-refractivity contribution >= 4 is 0 Å². The highest BCUT2D eigenvalue weighted by Gasteiger charge is 2.31. The molecule has 0 saturated heterocycles. The van der Waals surface area contributed by atoms with Crippen LogP contribution in [0.3, 0.4) is 0 Å². The van der Waals surface area contributed by atoms with E-state index >= 15 is 0 Å². The van der Waals surface area contributed by atoms with Crippen molar-refractivity contribution in [3.05, 3.63) is 48.0 Å². The predicted octanol–water partition coefficient (Wildman–Crippen LogP) is 2.88. The monoisotopic (exact) mass is 201 g/mol. The van der Waals surface area contributed by atoms with Crippen molar-refractivity contribution < 1.29 is 0 Å². The summed E-state index contributed by atoms with van der Waals surface area (Å²) in [7, 11) is 0. The summed E-state index contributed by atoms with van der Waals surface area (Å²) in [5.41, 5.74) is 1.79. The molecule has 0 fully saturated rings. The Morgan fingerprint density at radius 2 is 1.80 bits per heavy atom. The molecule has 1 heteroatoms. The van der Waals surface area contributed by atoms with E-state index in [2.05, 4.69) is 54.7 Å². The van der Waals surface area contributed by atoms with Crippen LogP contribution in [0.4, 0.5) is 0 Å². The average Bonchev–Trinajstić information content (AvgIpc) is 2.78. The van der Waals surface area contributed by atoms with Crippen LogP contribution < -0.4 is 5.32 Å². The van der Waals surface area contributed by atoms with Crippen molar-refractivity contribution in [2.45, 2.75) is 25.2 Å². The lowest BCUT2D eigenvalue weighted by Gasteiger charge is -2.30. The highest BCUT2D eigenvalue weighted by molar-refractivity contribution is 5.30. The zero-order chi connectivity index (χ0) is 10.6. The number of benzene rings is 1. The van der Waals surface area contributed by atoms with Crippen LogP contribution in [-0.4, -0.2) is 13.1 Å². The predicted molar refractivity (Wildman–Crippen MR) is 65.0 cm³/mol. The molecular weight excluding hydrogens is 182 g/mol. The Hall–Kier alpha value is -1.08. The molecule has 80 valence electrons. The number of hydrogen-bond donors (Lipinski definition) is 1. The minimum Gasteiger partial charge on any atom is -0.316 e. The molecular formula is C14H19N. The summed E-state index contributed by atoms with van der Waals surface area (Å²) in [5, 5.41) is 3.49. The molecule has 1 N–H and O–H groups in total. The van der Waals surface area contributed by atoms with E-state index in [0.717, 1.165) is 13.1 Å². The molecule has 1 aromatic carbocycles. The molecule has 0 spiro atoms. The average molecular weight is 201 g/mol.